The first kappa shape index (κ1) is 13.9. The second kappa shape index (κ2) is 6.40. The van der Waals surface area contributed by atoms with Crippen LogP contribution in [-0.2, 0) is 19.1 Å². The predicted octanol–water partition coefficient (Wildman–Crippen LogP) is 0.481. The third-order valence-corrected chi connectivity index (χ3v) is 1.83. The van der Waals surface area contributed by atoms with E-state index < -0.39 is 5.54 Å². The van der Waals surface area contributed by atoms with Crippen LogP contribution < -0.4 is 5.32 Å². The Kier molecular flexibility index (Phi) is 5.93. The molecule has 88 valence electrons. The molecule has 15 heavy (non-hydrogen) atoms. The highest BCUT2D eigenvalue weighted by atomic mass is 16.5. The van der Waals surface area contributed by atoms with E-state index in [2.05, 4.69) is 10.1 Å². The lowest BCUT2D eigenvalue weighted by molar-refractivity contribution is -0.145. The van der Waals surface area contributed by atoms with Gasteiger partial charge in [-0.15, -0.1) is 0 Å². The fourth-order valence-corrected chi connectivity index (χ4v) is 1.02. The summed E-state index contributed by atoms with van der Waals surface area (Å²) in [5.74, 6) is -0.633. The molecule has 0 fully saturated rings. The number of rotatable bonds is 6. The zero-order valence-electron chi connectivity index (χ0n) is 9.75. The van der Waals surface area contributed by atoms with Crippen LogP contribution in [0, 0.1) is 0 Å². The maximum atomic E-state index is 11.0. The summed E-state index contributed by atoms with van der Waals surface area (Å²) in [6, 6.07) is 0. The van der Waals surface area contributed by atoms with Gasteiger partial charge in [0.25, 0.3) is 0 Å². The van der Waals surface area contributed by atoms with E-state index in [-0.39, 0.29) is 24.9 Å². The van der Waals surface area contributed by atoms with Crippen LogP contribution in [0.2, 0.25) is 0 Å². The van der Waals surface area contributed by atoms with Crippen LogP contribution in [0.1, 0.15) is 27.2 Å². The molecule has 0 atom stereocenters. The molecule has 0 radical (unpaired) electrons. The molecule has 0 aliphatic carbocycles. The molecule has 0 spiro atoms. The average molecular weight is 217 g/mol. The molecule has 0 aromatic carbocycles. The van der Waals surface area contributed by atoms with Crippen molar-refractivity contribution in [3.8, 4) is 0 Å². The quantitative estimate of drug-likeness (QED) is 0.656. The third-order valence-electron chi connectivity index (χ3n) is 1.83. The summed E-state index contributed by atoms with van der Waals surface area (Å²) in [7, 11) is 1.34. The lowest BCUT2D eigenvalue weighted by Crippen LogP contribution is -2.44. The van der Waals surface area contributed by atoms with E-state index in [9.17, 15) is 9.59 Å². The Morgan fingerprint density at radius 1 is 1.27 bits per heavy atom. The van der Waals surface area contributed by atoms with Gasteiger partial charge in [0.15, 0.2) is 0 Å². The highest BCUT2D eigenvalue weighted by Crippen LogP contribution is 2.08. The minimum absolute atomic E-state index is 0.0951. The maximum absolute atomic E-state index is 11.0. The van der Waals surface area contributed by atoms with Gasteiger partial charge < -0.3 is 14.8 Å². The minimum Gasteiger partial charge on any atom is -0.469 e. The number of carbonyl (C=O) groups excluding carboxylic acids is 2. The van der Waals surface area contributed by atoms with Crippen LogP contribution in [0.15, 0.2) is 0 Å². The highest BCUT2D eigenvalue weighted by Gasteiger charge is 2.22. The Morgan fingerprint density at radius 2 is 1.87 bits per heavy atom. The minimum atomic E-state index is -0.472. The van der Waals surface area contributed by atoms with Crippen molar-refractivity contribution >= 4 is 11.9 Å². The summed E-state index contributed by atoms with van der Waals surface area (Å²) < 4.78 is 9.30. The number of nitrogens with one attached hydrogen (secondary N) is 1. The first-order chi connectivity index (χ1) is 6.91. The van der Waals surface area contributed by atoms with Crippen molar-refractivity contribution in [1.82, 2.24) is 5.32 Å². The van der Waals surface area contributed by atoms with E-state index in [1.807, 2.05) is 13.8 Å². The molecule has 0 aliphatic rings. The largest absolute Gasteiger partial charge is 0.469 e. The summed E-state index contributed by atoms with van der Waals surface area (Å²) in [5.41, 5.74) is -0.472. The van der Waals surface area contributed by atoms with Crippen LogP contribution >= 0.6 is 0 Å². The fourth-order valence-electron chi connectivity index (χ4n) is 1.02. The second-order valence-electron chi connectivity index (χ2n) is 3.80. The van der Waals surface area contributed by atoms with E-state index in [1.54, 1.807) is 6.92 Å². The van der Waals surface area contributed by atoms with E-state index in [0.717, 1.165) is 0 Å². The molecular weight excluding hydrogens is 198 g/mol. The van der Waals surface area contributed by atoms with Crippen molar-refractivity contribution in [2.75, 3.05) is 20.3 Å². The zero-order valence-corrected chi connectivity index (χ0v) is 9.75. The van der Waals surface area contributed by atoms with Gasteiger partial charge >= 0.3 is 11.9 Å². The number of ether oxygens (including phenoxy) is 2. The van der Waals surface area contributed by atoms with Gasteiger partial charge in [0.1, 0.15) is 0 Å². The molecular formula is C10H19NO4. The molecule has 0 aromatic heterocycles. The van der Waals surface area contributed by atoms with E-state index in [4.69, 9.17) is 4.74 Å². The van der Waals surface area contributed by atoms with Gasteiger partial charge in [0.2, 0.25) is 0 Å². The van der Waals surface area contributed by atoms with Crippen molar-refractivity contribution in [3.05, 3.63) is 0 Å². The van der Waals surface area contributed by atoms with Gasteiger partial charge in [0.05, 0.1) is 26.7 Å². The molecule has 1 N–H and O–H groups in total. The maximum Gasteiger partial charge on any atom is 0.319 e. The van der Waals surface area contributed by atoms with Gasteiger partial charge in [-0.25, -0.2) is 0 Å². The van der Waals surface area contributed by atoms with Crippen LogP contribution in [0.5, 0.6) is 0 Å². The monoisotopic (exact) mass is 217 g/mol. The summed E-state index contributed by atoms with van der Waals surface area (Å²) in [5, 5.41) is 2.93. The van der Waals surface area contributed by atoms with Gasteiger partial charge in [-0.3, -0.25) is 9.59 Å². The van der Waals surface area contributed by atoms with Crippen molar-refractivity contribution < 1.29 is 19.1 Å². The lowest BCUT2D eigenvalue weighted by Gasteiger charge is -2.24. The molecule has 0 saturated carbocycles. The number of hydrogen-bond donors (Lipinski definition) is 1. The number of methoxy groups -OCH3 is 1. The summed E-state index contributed by atoms with van der Waals surface area (Å²) in [6.07, 6.45) is 0.211. The normalized spacial score (nSPS) is 10.9. The lowest BCUT2D eigenvalue weighted by atomic mass is 10.0. The number of esters is 2. The van der Waals surface area contributed by atoms with Crippen LogP contribution in [-0.4, -0.2) is 37.7 Å². The van der Waals surface area contributed by atoms with Gasteiger partial charge in [-0.05, 0) is 20.8 Å². The first-order valence-electron chi connectivity index (χ1n) is 4.88. The molecule has 0 unspecified atom stereocenters. The molecule has 5 heteroatoms. The molecule has 5 nitrogen and oxygen atoms in total. The van der Waals surface area contributed by atoms with Gasteiger partial charge in [0, 0.05) is 5.54 Å². The summed E-state index contributed by atoms with van der Waals surface area (Å²) in [6.45, 7) is 5.85. The zero-order chi connectivity index (χ0) is 11.9. The van der Waals surface area contributed by atoms with Crippen molar-refractivity contribution in [1.29, 1.82) is 0 Å². The Bertz CT molecular complexity index is 225. The first-order valence-corrected chi connectivity index (χ1v) is 4.88. The summed E-state index contributed by atoms with van der Waals surface area (Å²) in [4.78, 5) is 22.1. The van der Waals surface area contributed by atoms with E-state index in [0.29, 0.717) is 6.61 Å². The van der Waals surface area contributed by atoms with Crippen LogP contribution in [0.4, 0.5) is 0 Å². The molecule has 0 rings (SSSR count). The smallest absolute Gasteiger partial charge is 0.319 e. The number of carbonyl (C=O) groups is 2. The van der Waals surface area contributed by atoms with Crippen molar-refractivity contribution in [2.24, 2.45) is 0 Å². The Morgan fingerprint density at radius 3 is 2.33 bits per heavy atom. The molecule has 0 aliphatic heterocycles. The Labute approximate surface area is 90.1 Å². The van der Waals surface area contributed by atoms with Gasteiger partial charge in [-0.2, -0.15) is 0 Å². The van der Waals surface area contributed by atoms with Crippen LogP contribution in [0.25, 0.3) is 0 Å². The molecule has 0 heterocycles. The summed E-state index contributed by atoms with van der Waals surface area (Å²) >= 11 is 0. The van der Waals surface area contributed by atoms with E-state index in [1.165, 1.54) is 7.11 Å². The van der Waals surface area contributed by atoms with Crippen molar-refractivity contribution in [2.45, 2.75) is 32.7 Å². The standard InChI is InChI=1S/C10H19NO4/c1-5-15-9(13)7-11-10(2,3)6-8(12)14-4/h11H,5-7H2,1-4H3. The molecule has 0 aromatic rings. The van der Waals surface area contributed by atoms with Crippen molar-refractivity contribution in [3.63, 3.8) is 0 Å². The highest BCUT2D eigenvalue weighted by molar-refractivity contribution is 5.73. The topological polar surface area (TPSA) is 64.6 Å². The third kappa shape index (κ3) is 6.90. The van der Waals surface area contributed by atoms with Crippen LogP contribution in [0.3, 0.4) is 0 Å². The molecule has 0 amide bonds. The second-order valence-corrected chi connectivity index (χ2v) is 3.80. The molecule has 0 saturated heterocycles. The SMILES string of the molecule is CCOC(=O)CNC(C)(C)CC(=O)OC. The number of hydrogen-bond acceptors (Lipinski definition) is 5. The van der Waals surface area contributed by atoms with E-state index >= 15 is 0 Å². The Hall–Kier alpha value is -1.10. The van der Waals surface area contributed by atoms with Gasteiger partial charge in [-0.1, -0.05) is 0 Å². The fraction of sp³-hybridized carbons (Fsp3) is 0.800. The Balaban J connectivity index is 3.92. The predicted molar refractivity (Wildman–Crippen MR) is 55.3 cm³/mol. The average Bonchev–Trinajstić information content (AvgIpc) is 2.15. The molecule has 0 bridgehead atoms.